The van der Waals surface area contributed by atoms with E-state index in [2.05, 4.69) is 5.32 Å². The number of esters is 2. The summed E-state index contributed by atoms with van der Waals surface area (Å²) >= 11 is 7.45. The van der Waals surface area contributed by atoms with Gasteiger partial charge in [-0.15, -0.1) is 11.3 Å². The second-order valence-corrected chi connectivity index (χ2v) is 15.1. The molecule has 2 aromatic carbocycles. The number of halogens is 3. The van der Waals surface area contributed by atoms with Crippen molar-refractivity contribution in [1.82, 2.24) is 5.32 Å². The average Bonchev–Trinajstić information content (AvgIpc) is 3.31. The SMILES string of the molecule is CC(C)(C)C(=O)OCOP(=O)(OCOC(=O)C(C)(C)C)C(C(=O)NC=Cc1cc(F)ccc1F)c1csc2ccc(Cl)cc12. The highest BCUT2D eigenvalue weighted by Crippen LogP contribution is 2.62. The molecule has 1 N–H and O–H groups in total. The van der Waals surface area contributed by atoms with Gasteiger partial charge in [0.2, 0.25) is 19.5 Å². The van der Waals surface area contributed by atoms with Crippen molar-refractivity contribution in [3.8, 4) is 0 Å². The van der Waals surface area contributed by atoms with Crippen molar-refractivity contribution in [2.75, 3.05) is 13.6 Å². The van der Waals surface area contributed by atoms with Gasteiger partial charge in [0.05, 0.1) is 10.8 Å². The van der Waals surface area contributed by atoms with Crippen LogP contribution in [-0.2, 0) is 37.5 Å². The number of hydrogen-bond acceptors (Lipinski definition) is 9. The first-order chi connectivity index (χ1) is 20.4. The fraction of sp³-hybridized carbons (Fsp3) is 0.367. The fourth-order valence-corrected chi connectivity index (χ4v) is 6.48. The third-order valence-corrected chi connectivity index (χ3v) is 9.23. The zero-order valence-corrected chi connectivity index (χ0v) is 27.4. The Balaban J connectivity index is 2.04. The predicted octanol–water partition coefficient (Wildman–Crippen LogP) is 7.98. The Hall–Kier alpha value is -3.15. The Bertz CT molecular complexity index is 1580. The number of fused-ring (bicyclic) bond motifs is 1. The van der Waals surface area contributed by atoms with Gasteiger partial charge in [-0.25, -0.2) is 8.78 Å². The molecule has 44 heavy (non-hydrogen) atoms. The Morgan fingerprint density at radius 1 is 0.955 bits per heavy atom. The molecule has 238 valence electrons. The number of amides is 1. The predicted molar refractivity (Wildman–Crippen MR) is 164 cm³/mol. The van der Waals surface area contributed by atoms with E-state index >= 15 is 0 Å². The molecule has 1 unspecified atom stereocenters. The Labute approximate surface area is 263 Å². The second kappa shape index (κ2) is 14.3. The summed E-state index contributed by atoms with van der Waals surface area (Å²) in [6, 6.07) is 7.70. The molecule has 3 aromatic rings. The van der Waals surface area contributed by atoms with E-state index in [0.29, 0.717) is 15.1 Å². The molecule has 9 nitrogen and oxygen atoms in total. The minimum absolute atomic E-state index is 0.159. The first kappa shape index (κ1) is 35.3. The summed E-state index contributed by atoms with van der Waals surface area (Å²) in [7, 11) is -4.71. The molecule has 1 heterocycles. The molecule has 0 bridgehead atoms. The lowest BCUT2D eigenvalue weighted by Crippen LogP contribution is -2.29. The van der Waals surface area contributed by atoms with Gasteiger partial charge in [0.25, 0.3) is 0 Å². The Morgan fingerprint density at radius 2 is 1.55 bits per heavy atom. The molecule has 1 aromatic heterocycles. The number of carbonyl (C=O) groups is 3. The number of benzene rings is 2. The van der Waals surface area contributed by atoms with Crippen molar-refractivity contribution < 1.29 is 46.3 Å². The third-order valence-electron chi connectivity index (χ3n) is 5.94. The van der Waals surface area contributed by atoms with Gasteiger partial charge in [0, 0.05) is 21.5 Å². The van der Waals surface area contributed by atoms with E-state index in [4.69, 9.17) is 30.1 Å². The van der Waals surface area contributed by atoms with Gasteiger partial charge in [-0.05, 0) is 100 Å². The van der Waals surface area contributed by atoms with Gasteiger partial charge in [0.1, 0.15) is 11.6 Å². The largest absolute Gasteiger partial charge is 0.438 e. The Kier molecular flexibility index (Phi) is 11.5. The first-order valence-electron chi connectivity index (χ1n) is 13.2. The summed E-state index contributed by atoms with van der Waals surface area (Å²) in [6.45, 7) is 7.87. The highest BCUT2D eigenvalue weighted by molar-refractivity contribution is 7.55. The van der Waals surface area contributed by atoms with Crippen LogP contribution in [-0.4, -0.2) is 31.4 Å². The molecule has 0 saturated carbocycles. The quantitative estimate of drug-likeness (QED) is 0.124. The van der Waals surface area contributed by atoms with Crippen LogP contribution in [0, 0.1) is 22.5 Å². The smallest absolute Gasteiger partial charge is 0.353 e. The average molecular weight is 672 g/mol. The zero-order valence-electron chi connectivity index (χ0n) is 24.9. The van der Waals surface area contributed by atoms with Crippen LogP contribution in [0.3, 0.4) is 0 Å². The number of nitrogens with one attached hydrogen (secondary N) is 1. The molecule has 0 spiro atoms. The maximum atomic E-state index is 14.5. The van der Waals surface area contributed by atoms with E-state index in [1.165, 1.54) is 11.3 Å². The standard InChI is InChI=1S/C30H33ClF2NO8PS/c1-29(2,3)27(36)39-16-41-43(38,42-17-40-28(37)30(4,5)6)25(22-15-44-24-10-7-19(31)14-21(22)24)26(35)34-12-11-18-13-20(32)8-9-23(18)33/h7-15,25H,16-17H2,1-6H3,(H,34,35). The normalized spacial score (nSPS) is 13.2. The molecule has 0 fully saturated rings. The minimum atomic E-state index is -4.71. The molecule has 0 saturated heterocycles. The van der Waals surface area contributed by atoms with Crippen LogP contribution in [0.1, 0.15) is 58.3 Å². The number of hydrogen-bond donors (Lipinski definition) is 1. The number of carbonyl (C=O) groups excluding carboxylic acids is 3. The molecule has 0 aliphatic heterocycles. The lowest BCUT2D eigenvalue weighted by atomic mass is 9.98. The van der Waals surface area contributed by atoms with Crippen LogP contribution in [0.2, 0.25) is 5.02 Å². The van der Waals surface area contributed by atoms with E-state index in [1.807, 2.05) is 0 Å². The second-order valence-electron chi connectivity index (χ2n) is 11.6. The third kappa shape index (κ3) is 9.18. The monoisotopic (exact) mass is 671 g/mol. The lowest BCUT2D eigenvalue weighted by molar-refractivity contribution is -0.162. The van der Waals surface area contributed by atoms with E-state index in [1.54, 1.807) is 65.1 Å². The minimum Gasteiger partial charge on any atom is -0.438 e. The zero-order chi connectivity index (χ0) is 32.9. The Morgan fingerprint density at radius 3 is 2.11 bits per heavy atom. The first-order valence-corrected chi connectivity index (χ1v) is 16.1. The van der Waals surface area contributed by atoms with E-state index in [-0.39, 0.29) is 11.1 Å². The van der Waals surface area contributed by atoms with E-state index in [0.717, 1.165) is 30.5 Å². The molecule has 0 aliphatic carbocycles. The molecule has 0 radical (unpaired) electrons. The van der Waals surface area contributed by atoms with Gasteiger partial charge in [0.15, 0.2) is 5.66 Å². The molecule has 0 aliphatic rings. The van der Waals surface area contributed by atoms with Gasteiger partial charge < -0.3 is 14.8 Å². The van der Waals surface area contributed by atoms with Crippen LogP contribution < -0.4 is 5.32 Å². The summed E-state index contributed by atoms with van der Waals surface area (Å²) in [5.74, 6) is -3.75. The van der Waals surface area contributed by atoms with Crippen molar-refractivity contribution in [2.24, 2.45) is 10.8 Å². The van der Waals surface area contributed by atoms with Gasteiger partial charge in [-0.3, -0.25) is 28.0 Å². The summed E-state index contributed by atoms with van der Waals surface area (Å²) in [4.78, 5) is 38.5. The van der Waals surface area contributed by atoms with E-state index < -0.39 is 67.2 Å². The number of rotatable bonds is 11. The molecular formula is C30H33ClF2NO8PS. The summed E-state index contributed by atoms with van der Waals surface area (Å²) < 4.78 is 64.3. The van der Waals surface area contributed by atoms with Crippen molar-refractivity contribution in [1.29, 1.82) is 0 Å². The van der Waals surface area contributed by atoms with Crippen LogP contribution in [0.15, 0.2) is 48.0 Å². The molecule has 1 amide bonds. The van der Waals surface area contributed by atoms with Crippen LogP contribution >= 0.6 is 30.5 Å². The fourth-order valence-electron chi connectivity index (χ4n) is 3.55. The van der Waals surface area contributed by atoms with Crippen molar-refractivity contribution in [3.05, 3.63) is 75.8 Å². The van der Waals surface area contributed by atoms with Crippen molar-refractivity contribution in [3.63, 3.8) is 0 Å². The number of thiophene rings is 1. The van der Waals surface area contributed by atoms with Gasteiger partial charge in [-0.1, -0.05) is 11.6 Å². The lowest BCUT2D eigenvalue weighted by Gasteiger charge is -2.27. The van der Waals surface area contributed by atoms with Crippen LogP contribution in [0.25, 0.3) is 16.2 Å². The van der Waals surface area contributed by atoms with Gasteiger partial charge in [-0.2, -0.15) is 0 Å². The molecule has 3 rings (SSSR count). The molecule has 1 atom stereocenters. The summed E-state index contributed by atoms with van der Waals surface area (Å²) in [5.41, 5.74) is -3.55. The maximum Gasteiger partial charge on any atom is 0.353 e. The summed E-state index contributed by atoms with van der Waals surface area (Å²) in [5, 5.41) is 4.75. The van der Waals surface area contributed by atoms with Crippen molar-refractivity contribution in [2.45, 2.75) is 47.2 Å². The van der Waals surface area contributed by atoms with Crippen molar-refractivity contribution >= 4 is 64.5 Å². The molecular weight excluding hydrogens is 639 g/mol. The number of ether oxygens (including phenoxy) is 2. The summed E-state index contributed by atoms with van der Waals surface area (Å²) in [6.07, 6.45) is 2.15. The molecule has 14 heteroatoms. The highest BCUT2D eigenvalue weighted by atomic mass is 35.5. The van der Waals surface area contributed by atoms with Crippen LogP contribution in [0.4, 0.5) is 8.78 Å². The van der Waals surface area contributed by atoms with E-state index in [9.17, 15) is 27.7 Å². The van der Waals surface area contributed by atoms with Gasteiger partial charge >= 0.3 is 19.5 Å². The highest BCUT2D eigenvalue weighted by Gasteiger charge is 2.45. The van der Waals surface area contributed by atoms with Crippen LogP contribution in [0.5, 0.6) is 0 Å². The maximum absolute atomic E-state index is 14.5. The topological polar surface area (TPSA) is 117 Å².